The van der Waals surface area contributed by atoms with Gasteiger partial charge in [0.25, 0.3) is 0 Å². The number of rotatable bonds is 14. The van der Waals surface area contributed by atoms with E-state index in [9.17, 15) is 20.1 Å². The maximum atomic E-state index is 9.32. The van der Waals surface area contributed by atoms with Crippen molar-refractivity contribution in [1.82, 2.24) is 39.9 Å². The number of furan rings is 2. The fourth-order valence-electron chi connectivity index (χ4n) is 14.1. The van der Waals surface area contributed by atoms with Crippen molar-refractivity contribution in [2.75, 3.05) is 0 Å². The summed E-state index contributed by atoms with van der Waals surface area (Å²) in [5.41, 5.74) is 22.1. The van der Waals surface area contributed by atoms with E-state index < -0.39 is 14.2 Å². The summed E-state index contributed by atoms with van der Waals surface area (Å²) < 4.78 is 13.5. The molecule has 118 heavy (non-hydrogen) atoms. The van der Waals surface area contributed by atoms with Crippen LogP contribution in [0.1, 0.15) is 0 Å². The maximum absolute atomic E-state index is 9.32. The lowest BCUT2D eigenvalue weighted by atomic mass is 9.78. The van der Waals surface area contributed by atoms with Gasteiger partial charge >= 0.3 is 14.2 Å². The third kappa shape index (κ3) is 17.1. The van der Waals surface area contributed by atoms with E-state index in [1.807, 2.05) is 182 Å². The SMILES string of the molecule is Brc1ccc(-c2cc(-c3ccccc3)nc(-c3ccccc3)c2)cc1.Clc1nc(-c2ccccc2)nc(-c2ccccc2)n1.OB(O)c1cccc2c1oc1c(B(O)O)cccc12.c1ccc(-c2cc(-c3ccc(-c4cccc5c4oc4c(-c6nc(-c7ccccc7)nc(-c7ccccc7)n6)cccc45)cc3)cc(-c3ccccc3)n2)cc1. The van der Waals surface area contributed by atoms with Crippen LogP contribution >= 0.6 is 27.5 Å². The summed E-state index contributed by atoms with van der Waals surface area (Å²) in [6.07, 6.45) is 0. The van der Waals surface area contributed by atoms with Gasteiger partial charge in [-0.25, -0.2) is 29.9 Å². The Morgan fingerprint density at radius 1 is 0.220 bits per heavy atom. The second-order valence-electron chi connectivity index (χ2n) is 27.6. The third-order valence-corrected chi connectivity index (χ3v) is 20.6. The Bertz CT molecular complexity index is 6580. The van der Waals surface area contributed by atoms with Crippen molar-refractivity contribution >= 4 is 96.6 Å². The fourth-order valence-corrected chi connectivity index (χ4v) is 14.5. The minimum Gasteiger partial charge on any atom is -0.457 e. The Kier molecular flexibility index (Phi) is 22.8. The summed E-state index contributed by atoms with van der Waals surface area (Å²) in [4.78, 5) is 37.7. The van der Waals surface area contributed by atoms with E-state index in [1.54, 1.807) is 36.4 Å². The van der Waals surface area contributed by atoms with Gasteiger partial charge in [0, 0.05) is 87.0 Å². The first-order chi connectivity index (χ1) is 58.0. The highest BCUT2D eigenvalue weighted by molar-refractivity contribution is 9.10. The van der Waals surface area contributed by atoms with Crippen molar-refractivity contribution in [3.05, 3.63) is 398 Å². The van der Waals surface area contributed by atoms with Crippen molar-refractivity contribution in [2.24, 2.45) is 0 Å². The van der Waals surface area contributed by atoms with Crippen molar-refractivity contribution in [3.63, 3.8) is 0 Å². The highest BCUT2D eigenvalue weighted by Crippen LogP contribution is 2.42. The molecule has 14 aromatic carbocycles. The summed E-state index contributed by atoms with van der Waals surface area (Å²) in [5, 5.41) is 40.9. The van der Waals surface area contributed by atoms with E-state index in [2.05, 4.69) is 201 Å². The van der Waals surface area contributed by atoms with Gasteiger partial charge in [-0.2, -0.15) is 9.97 Å². The van der Waals surface area contributed by atoms with Crippen LogP contribution in [0.2, 0.25) is 5.28 Å². The quantitative estimate of drug-likeness (QED) is 0.0747. The average Bonchev–Trinajstić information content (AvgIpc) is 1.56. The lowest BCUT2D eigenvalue weighted by Crippen LogP contribution is -2.30. The minimum atomic E-state index is -1.65. The molecule has 0 fully saturated rings. The Morgan fingerprint density at radius 2 is 0.483 bits per heavy atom. The minimum absolute atomic E-state index is 0.202. The highest BCUT2D eigenvalue weighted by Gasteiger charge is 2.25. The molecule has 0 bridgehead atoms. The van der Waals surface area contributed by atoms with Gasteiger partial charge < -0.3 is 28.9 Å². The molecular formula is C100H68B2BrClN8O6. The van der Waals surface area contributed by atoms with E-state index in [-0.39, 0.29) is 16.2 Å². The van der Waals surface area contributed by atoms with Crippen LogP contribution in [0, 0.1) is 0 Å². The van der Waals surface area contributed by atoms with E-state index in [1.165, 1.54) is 11.1 Å². The van der Waals surface area contributed by atoms with Crippen LogP contribution in [0.3, 0.4) is 0 Å². The Morgan fingerprint density at radius 3 is 0.822 bits per heavy atom. The molecule has 6 heterocycles. The molecule has 0 saturated heterocycles. The van der Waals surface area contributed by atoms with Crippen LogP contribution in [-0.4, -0.2) is 74.2 Å². The second-order valence-corrected chi connectivity index (χ2v) is 28.8. The topological polar surface area (TPSA) is 210 Å². The van der Waals surface area contributed by atoms with Crippen LogP contribution in [0.15, 0.2) is 402 Å². The first kappa shape index (κ1) is 76.4. The maximum Gasteiger partial charge on any atom is 0.492 e. The smallest absolute Gasteiger partial charge is 0.457 e. The van der Waals surface area contributed by atoms with Gasteiger partial charge in [0.15, 0.2) is 29.1 Å². The molecule has 18 heteroatoms. The summed E-state index contributed by atoms with van der Waals surface area (Å²) in [5.74, 6) is 2.95. The molecule has 0 spiro atoms. The standard InChI is InChI=1S/C50H32N4O.C23H16BrN.C15H10ClN3.C12H10B2O5/c1-5-15-35(16-6-1)44-31-39(32-45(51-44)36-17-7-2-8-18-36)33-27-29-34(30-28-33)40-23-13-24-41-42-25-14-26-43(47(42)55-46(40)41)50-53-48(37-19-9-3-10-20-37)52-49(54-50)38-21-11-4-12-22-38;24-21-13-11-17(12-14-21)20-15-22(18-7-3-1-4-8-18)25-23(16-20)19-9-5-2-6-10-19;16-15-18-13(11-7-3-1-4-8-11)17-14(19-15)12-9-5-2-6-10-12;15-13(16)9-5-1-3-7-8-4-2-6-10(14(17)18)12(8)19-11(7)9/h1-32H;1-16H;1-10H;1-6,15-18H. The summed E-state index contributed by atoms with van der Waals surface area (Å²) in [6, 6.07) is 129. The van der Waals surface area contributed by atoms with Crippen molar-refractivity contribution in [1.29, 1.82) is 0 Å². The molecule has 0 radical (unpaired) electrons. The van der Waals surface area contributed by atoms with Gasteiger partial charge in [-0.3, -0.25) is 0 Å². The number of aromatic nitrogens is 8. The van der Waals surface area contributed by atoms with Gasteiger partial charge in [0.1, 0.15) is 22.3 Å². The number of nitrogens with zero attached hydrogens (tertiary/aromatic N) is 8. The predicted octanol–water partition coefficient (Wildman–Crippen LogP) is 22.5. The molecule has 14 nitrogen and oxygen atoms in total. The summed E-state index contributed by atoms with van der Waals surface area (Å²) in [6.45, 7) is 0. The van der Waals surface area contributed by atoms with E-state index in [0.29, 0.717) is 51.1 Å². The monoisotopic (exact) mass is 1610 g/mol. The predicted molar refractivity (Wildman–Crippen MR) is 480 cm³/mol. The lowest BCUT2D eigenvalue weighted by Gasteiger charge is -2.11. The summed E-state index contributed by atoms with van der Waals surface area (Å²) >= 11 is 9.50. The molecule has 0 aliphatic rings. The molecule has 20 rings (SSSR count). The Labute approximate surface area is 694 Å². The molecule has 6 aromatic heterocycles. The van der Waals surface area contributed by atoms with Crippen LogP contribution < -0.4 is 10.9 Å². The number of hydrogen-bond donors (Lipinski definition) is 4. The molecule has 0 atom stereocenters. The molecule has 0 amide bonds. The van der Waals surface area contributed by atoms with Crippen molar-refractivity contribution in [3.8, 4) is 135 Å². The largest absolute Gasteiger partial charge is 0.492 e. The molecule has 0 aliphatic heterocycles. The number of pyridine rings is 2. The van der Waals surface area contributed by atoms with Crippen molar-refractivity contribution < 1.29 is 28.9 Å². The van der Waals surface area contributed by atoms with Gasteiger partial charge in [0.05, 0.1) is 28.3 Å². The molecule has 0 unspecified atom stereocenters. The number of para-hydroxylation sites is 4. The van der Waals surface area contributed by atoms with E-state index in [0.717, 1.165) is 122 Å². The molecule has 0 saturated carbocycles. The van der Waals surface area contributed by atoms with Gasteiger partial charge in [0.2, 0.25) is 5.28 Å². The lowest BCUT2D eigenvalue weighted by molar-refractivity contribution is 0.425. The molecule has 4 N–H and O–H groups in total. The molecule has 564 valence electrons. The average molecular weight is 1610 g/mol. The number of benzene rings is 14. The third-order valence-electron chi connectivity index (χ3n) is 19.9. The highest BCUT2D eigenvalue weighted by atomic mass is 79.9. The Hall–Kier alpha value is -14.3. The first-order valence-corrected chi connectivity index (χ1v) is 39.3. The first-order valence-electron chi connectivity index (χ1n) is 38.1. The number of hydrogen-bond acceptors (Lipinski definition) is 14. The van der Waals surface area contributed by atoms with Crippen molar-refractivity contribution in [2.45, 2.75) is 0 Å². The zero-order chi connectivity index (χ0) is 80.3. The van der Waals surface area contributed by atoms with Crippen LogP contribution in [0.5, 0.6) is 0 Å². The second kappa shape index (κ2) is 35.2. The van der Waals surface area contributed by atoms with Crippen LogP contribution in [-0.2, 0) is 0 Å². The molecule has 20 aromatic rings. The molecular weight excluding hydrogens is 1550 g/mol. The van der Waals surface area contributed by atoms with Gasteiger partial charge in [-0.1, -0.05) is 362 Å². The fraction of sp³-hybridized carbons (Fsp3) is 0. The molecule has 0 aliphatic carbocycles. The summed E-state index contributed by atoms with van der Waals surface area (Å²) in [7, 11) is -3.29. The van der Waals surface area contributed by atoms with Crippen LogP contribution in [0.25, 0.3) is 179 Å². The Balaban J connectivity index is 0.000000130. The number of fused-ring (bicyclic) bond motifs is 6. The normalized spacial score (nSPS) is 11.0. The van der Waals surface area contributed by atoms with E-state index in [4.69, 9.17) is 45.4 Å². The van der Waals surface area contributed by atoms with E-state index >= 15 is 0 Å². The zero-order valence-corrected chi connectivity index (χ0v) is 65.4. The van der Waals surface area contributed by atoms with Gasteiger partial charge in [-0.15, -0.1) is 0 Å². The zero-order valence-electron chi connectivity index (χ0n) is 63.0. The van der Waals surface area contributed by atoms with Crippen LogP contribution in [0.4, 0.5) is 0 Å². The van der Waals surface area contributed by atoms with Gasteiger partial charge in [-0.05, 0) is 81.9 Å². The number of halogens is 2.